The van der Waals surface area contributed by atoms with E-state index in [1.165, 1.54) is 0 Å². The predicted octanol–water partition coefficient (Wildman–Crippen LogP) is -0.770. The van der Waals surface area contributed by atoms with Crippen molar-refractivity contribution in [2.24, 2.45) is 21.8 Å². The minimum Gasteiger partial charge on any atom is -0.387 e. The Morgan fingerprint density at radius 3 is 2.71 bits per heavy atom. The van der Waals surface area contributed by atoms with Crippen LogP contribution in [-0.2, 0) is 4.79 Å². The van der Waals surface area contributed by atoms with E-state index in [-0.39, 0.29) is 18.1 Å². The largest absolute Gasteiger partial charge is 0.387 e. The molecule has 0 aliphatic carbocycles. The third kappa shape index (κ3) is 2.88. The number of aliphatic hydroxyl groups excluding tert-OH is 2. The summed E-state index contributed by atoms with van der Waals surface area (Å²) in [7, 11) is 1.96. The summed E-state index contributed by atoms with van der Waals surface area (Å²) >= 11 is 0. The van der Waals surface area contributed by atoms with E-state index in [4.69, 9.17) is 0 Å². The van der Waals surface area contributed by atoms with Crippen molar-refractivity contribution in [2.45, 2.75) is 51.7 Å². The number of hydrogen-bond donors (Lipinski definition) is 3. The van der Waals surface area contributed by atoms with Crippen LogP contribution in [0.1, 0.15) is 27.2 Å². The van der Waals surface area contributed by atoms with E-state index < -0.39 is 18.2 Å². The zero-order valence-corrected chi connectivity index (χ0v) is 14.7. The van der Waals surface area contributed by atoms with Gasteiger partial charge in [0.25, 0.3) is 0 Å². The highest BCUT2D eigenvalue weighted by atomic mass is 16.3. The maximum atomic E-state index is 11.8. The summed E-state index contributed by atoms with van der Waals surface area (Å²) in [5.74, 6) is 1.36. The highest BCUT2D eigenvalue weighted by Crippen LogP contribution is 2.29. The zero-order valence-electron chi connectivity index (χ0n) is 14.7. The van der Waals surface area contributed by atoms with Crippen LogP contribution in [0.2, 0.25) is 0 Å². The smallest absolute Gasteiger partial charge is 0.219 e. The van der Waals surface area contributed by atoms with Gasteiger partial charge in [-0.25, -0.2) is 9.98 Å². The van der Waals surface area contributed by atoms with Gasteiger partial charge in [0.15, 0.2) is 6.23 Å². The van der Waals surface area contributed by atoms with Crippen molar-refractivity contribution >= 4 is 17.6 Å². The average molecular weight is 337 g/mol. The Hall–Kier alpha value is -1.67. The third-order valence-electron chi connectivity index (χ3n) is 5.40. The van der Waals surface area contributed by atoms with E-state index in [0.29, 0.717) is 18.3 Å². The molecule has 0 spiro atoms. The molecule has 8 heteroatoms. The van der Waals surface area contributed by atoms with Gasteiger partial charge in [-0.1, -0.05) is 6.92 Å². The molecule has 8 nitrogen and oxygen atoms in total. The van der Waals surface area contributed by atoms with Gasteiger partial charge in [0.1, 0.15) is 29.9 Å². The SMILES string of the molecule is CC(=O)N1CCC(C)C(N(C)C2=NC(C)N=C3NC(O)C(O)C32)C1. The summed E-state index contributed by atoms with van der Waals surface area (Å²) in [6.45, 7) is 7.08. The quantitative estimate of drug-likeness (QED) is 0.583. The number of nitrogens with one attached hydrogen (secondary N) is 1. The van der Waals surface area contributed by atoms with Crippen LogP contribution >= 0.6 is 0 Å². The molecule has 2 fully saturated rings. The summed E-state index contributed by atoms with van der Waals surface area (Å²) in [5.41, 5.74) is 0. The van der Waals surface area contributed by atoms with Gasteiger partial charge in [-0.3, -0.25) is 4.79 Å². The molecule has 6 unspecified atom stereocenters. The lowest BCUT2D eigenvalue weighted by Gasteiger charge is -2.44. The second-order valence-electron chi connectivity index (χ2n) is 7.10. The lowest BCUT2D eigenvalue weighted by molar-refractivity contribution is -0.131. The highest BCUT2D eigenvalue weighted by molar-refractivity contribution is 6.09. The number of nitrogens with zero attached hydrogens (tertiary/aromatic N) is 4. The van der Waals surface area contributed by atoms with E-state index in [2.05, 4.69) is 27.1 Å². The monoisotopic (exact) mass is 337 g/mol. The lowest BCUT2D eigenvalue weighted by Crippen LogP contribution is -2.56. The Balaban J connectivity index is 1.85. The predicted molar refractivity (Wildman–Crippen MR) is 90.6 cm³/mol. The fourth-order valence-electron chi connectivity index (χ4n) is 3.88. The number of rotatable bonds is 1. The third-order valence-corrected chi connectivity index (χ3v) is 5.40. The van der Waals surface area contributed by atoms with E-state index in [1.54, 1.807) is 6.92 Å². The standard InChI is InChI=1S/C16H27N5O3/c1-8-5-6-21(10(3)22)7-11(8)20(4)15-12-13(23)16(24)19-14(12)17-9(2)18-15/h8-9,11-13,16,23-24H,5-7H2,1-4H3,(H,17,19). The molecule has 1 amide bonds. The molecule has 6 atom stereocenters. The van der Waals surface area contributed by atoms with Crippen molar-refractivity contribution < 1.29 is 15.0 Å². The second-order valence-corrected chi connectivity index (χ2v) is 7.10. The summed E-state index contributed by atoms with van der Waals surface area (Å²) in [4.78, 5) is 24.7. The van der Waals surface area contributed by atoms with Crippen molar-refractivity contribution in [3.8, 4) is 0 Å². The molecule has 3 aliphatic heterocycles. The van der Waals surface area contributed by atoms with Gasteiger partial charge in [-0.15, -0.1) is 0 Å². The Morgan fingerprint density at radius 2 is 2.04 bits per heavy atom. The molecule has 0 aromatic rings. The van der Waals surface area contributed by atoms with Gasteiger partial charge in [0.05, 0.1) is 0 Å². The molecule has 3 heterocycles. The Labute approximate surface area is 142 Å². The molecule has 24 heavy (non-hydrogen) atoms. The van der Waals surface area contributed by atoms with Crippen molar-refractivity contribution in [1.29, 1.82) is 0 Å². The number of likely N-dealkylation sites (N-methyl/N-ethyl adjacent to an activating group) is 1. The van der Waals surface area contributed by atoms with Crippen LogP contribution in [0.3, 0.4) is 0 Å². The highest BCUT2D eigenvalue weighted by Gasteiger charge is 2.46. The number of piperidine rings is 1. The Bertz CT molecular complexity index is 578. The molecule has 3 N–H and O–H groups in total. The van der Waals surface area contributed by atoms with Crippen molar-refractivity contribution in [2.75, 3.05) is 20.1 Å². The summed E-state index contributed by atoms with van der Waals surface area (Å²) in [6.07, 6.45) is -1.33. The normalized spacial score (nSPS) is 38.8. The number of amidine groups is 2. The van der Waals surface area contributed by atoms with Gasteiger partial charge in [-0.2, -0.15) is 0 Å². The molecule has 0 radical (unpaired) electrons. The average Bonchev–Trinajstić information content (AvgIpc) is 2.80. The van der Waals surface area contributed by atoms with Crippen LogP contribution in [0.4, 0.5) is 0 Å². The van der Waals surface area contributed by atoms with Gasteiger partial charge < -0.3 is 25.3 Å². The second kappa shape index (κ2) is 6.33. The molecule has 3 rings (SSSR count). The van der Waals surface area contributed by atoms with Crippen molar-refractivity contribution in [3.05, 3.63) is 0 Å². The summed E-state index contributed by atoms with van der Waals surface area (Å²) < 4.78 is 0. The molecule has 3 aliphatic rings. The van der Waals surface area contributed by atoms with Crippen LogP contribution < -0.4 is 5.32 Å². The van der Waals surface area contributed by atoms with Crippen LogP contribution in [0.25, 0.3) is 0 Å². The van der Waals surface area contributed by atoms with Crippen molar-refractivity contribution in [1.82, 2.24) is 15.1 Å². The molecular formula is C16H27N5O3. The van der Waals surface area contributed by atoms with Gasteiger partial charge in [0.2, 0.25) is 5.91 Å². The maximum Gasteiger partial charge on any atom is 0.219 e. The van der Waals surface area contributed by atoms with Crippen LogP contribution in [0.15, 0.2) is 9.98 Å². The summed E-state index contributed by atoms with van der Waals surface area (Å²) in [6, 6.07) is 0.123. The number of aliphatic imine (C=N–C) groups is 2. The number of amides is 1. The van der Waals surface area contributed by atoms with E-state index in [1.807, 2.05) is 18.9 Å². The molecular weight excluding hydrogens is 310 g/mol. The fraction of sp³-hybridized carbons (Fsp3) is 0.812. The lowest BCUT2D eigenvalue weighted by atomic mass is 9.90. The molecule has 0 aromatic carbocycles. The molecule has 0 bridgehead atoms. The van der Waals surface area contributed by atoms with Crippen LogP contribution in [-0.4, -0.2) is 82.3 Å². The molecule has 0 aromatic heterocycles. The first-order chi connectivity index (χ1) is 11.3. The van der Waals surface area contributed by atoms with E-state index >= 15 is 0 Å². The topological polar surface area (TPSA) is 101 Å². The Kier molecular flexibility index (Phi) is 4.52. The number of carbonyl (C=O) groups is 1. The first-order valence-electron chi connectivity index (χ1n) is 8.56. The van der Waals surface area contributed by atoms with Crippen LogP contribution in [0.5, 0.6) is 0 Å². The Morgan fingerprint density at radius 1 is 1.33 bits per heavy atom. The van der Waals surface area contributed by atoms with E-state index in [0.717, 1.165) is 18.8 Å². The van der Waals surface area contributed by atoms with Gasteiger partial charge in [0, 0.05) is 33.1 Å². The minimum absolute atomic E-state index is 0.0829. The molecule has 134 valence electrons. The first kappa shape index (κ1) is 17.2. The molecule has 2 saturated heterocycles. The number of aliphatic hydroxyl groups is 2. The number of carbonyl (C=O) groups excluding carboxylic acids is 1. The fourth-order valence-corrected chi connectivity index (χ4v) is 3.88. The minimum atomic E-state index is -1.03. The van der Waals surface area contributed by atoms with Crippen LogP contribution in [0, 0.1) is 11.8 Å². The number of hydrogen-bond acceptors (Lipinski definition) is 7. The van der Waals surface area contributed by atoms with E-state index in [9.17, 15) is 15.0 Å². The van der Waals surface area contributed by atoms with Gasteiger partial charge >= 0.3 is 0 Å². The first-order valence-corrected chi connectivity index (χ1v) is 8.56. The zero-order chi connectivity index (χ0) is 17.6. The van der Waals surface area contributed by atoms with Crippen molar-refractivity contribution in [3.63, 3.8) is 0 Å². The number of fused-ring (bicyclic) bond motifs is 1. The molecule has 0 saturated carbocycles. The maximum absolute atomic E-state index is 11.8. The van der Waals surface area contributed by atoms with Gasteiger partial charge in [-0.05, 0) is 19.3 Å². The summed E-state index contributed by atoms with van der Waals surface area (Å²) in [5, 5.41) is 23.1. The number of likely N-dealkylation sites (tertiary alicyclic amines) is 1.